The number of ether oxygens (including phenoxy) is 12. The van der Waals surface area contributed by atoms with Gasteiger partial charge in [-0.05, 0) is 115 Å². The van der Waals surface area contributed by atoms with Gasteiger partial charge in [0.15, 0.2) is 41.8 Å². The maximum atomic E-state index is 14.6. The van der Waals surface area contributed by atoms with E-state index in [0.717, 1.165) is 30.3 Å². The van der Waals surface area contributed by atoms with Gasteiger partial charge in [-0.1, -0.05) is 68.3 Å². The Hall–Kier alpha value is -6.59. The Kier molecular flexibility index (Phi) is 38.6. The molecule has 0 radical (unpaired) electrons. The molecule has 2 aliphatic carbocycles. The number of aryl methyl sites for hydroxylation is 1. The molecule has 1 aromatic carbocycles. The molecule has 2 aromatic rings. The first-order valence-electron chi connectivity index (χ1n) is 39.0. The Morgan fingerprint density at radius 3 is 2.20 bits per heavy atom. The van der Waals surface area contributed by atoms with E-state index in [0.29, 0.717) is 40.1 Å². The van der Waals surface area contributed by atoms with Crippen molar-refractivity contribution in [1.82, 2.24) is 52.2 Å². The lowest BCUT2D eigenvalue weighted by atomic mass is 9.75. The van der Waals surface area contributed by atoms with Crippen LogP contribution in [0.5, 0.6) is 17.2 Å². The van der Waals surface area contributed by atoms with Gasteiger partial charge in [0.1, 0.15) is 48.7 Å². The highest BCUT2D eigenvalue weighted by atomic mass is 127. The zero-order chi connectivity index (χ0) is 89.8. The topological polar surface area (TPSA) is 507 Å². The molecule has 5 heterocycles. The van der Waals surface area contributed by atoms with Gasteiger partial charge in [0.2, 0.25) is 46.7 Å². The predicted octanol–water partition coefficient (Wildman–Crippen LogP) is 2.16. The number of rotatable bonds is 38. The van der Waals surface area contributed by atoms with Crippen LogP contribution in [0.4, 0.5) is 4.79 Å². The highest BCUT2D eigenvalue weighted by Crippen LogP contribution is 2.50. The zero-order valence-corrected chi connectivity index (χ0v) is 76.7. The van der Waals surface area contributed by atoms with Gasteiger partial charge in [-0.25, -0.2) is 9.48 Å². The fraction of sp³-hybridized carbons (Fsp3) is 0.654. The normalized spacial score (nSPS) is 28.8. The summed E-state index contributed by atoms with van der Waals surface area (Å²) in [5.74, 6) is 7.85. The van der Waals surface area contributed by atoms with Gasteiger partial charge >= 0.3 is 6.09 Å². The number of thioether (sulfide) groups is 3. The molecule has 17 unspecified atom stereocenters. The van der Waals surface area contributed by atoms with Crippen LogP contribution in [0.1, 0.15) is 128 Å². The Balaban J connectivity index is 0.968. The van der Waals surface area contributed by atoms with Crippen LogP contribution in [0.2, 0.25) is 0 Å². The maximum absolute atomic E-state index is 14.6. The molecule has 2 bridgehead atoms. The summed E-state index contributed by atoms with van der Waals surface area (Å²) >= 11 is 5.97. The van der Waals surface area contributed by atoms with E-state index in [9.17, 15) is 68.7 Å². The highest BCUT2D eigenvalue weighted by molar-refractivity contribution is 14.1. The molecule has 0 spiro atoms. The SMILES string of the molecule is CCN(C(C)=O)C1COC(OC2C(O[C@H]3C#C/C=C\C#C[C@]4(O)CC(=O)C(NC(=O)OC)=C3/C4=C\CSSC(C)(C)CC(=O)NNC(=O)[C@H](C)NC(=O)[C@H](CC(N)=O)NC(=O)CCCn3nnc(CSC)c3CSC)OC(C)C(NOC3CC(O)C(SC(=O)c4c(C)c(I)c(OC5OC(C)C(O)C(OC)C5O)c(OC)c4OC)C(C)O3)C2O)CC1OC. The van der Waals surface area contributed by atoms with Crippen molar-refractivity contribution >= 4 is 132 Å². The second-order valence-corrected chi connectivity index (χ2v) is 36.8. The van der Waals surface area contributed by atoms with Crippen LogP contribution in [-0.4, -0.2) is 297 Å². The first kappa shape index (κ1) is 101. The standard InChI is InChI=1S/C78H110IN11O27S5/c1-17-89(42(7)91)46-34-110-55(31-51(46)105-10)115-68-63(98)60(87-117-56-30-48(92)70(41(6)111-56)121-73(102)57-37(2)59(79)66(69(108-13)65(57)106-11)116-74-64(99)67(107-12)62(97)40(5)113-74)39(4)112-75(68)114-50-23-20-18-19-21-26-78(104)32-49(93)61(83-76(103)109-14)58(50)43(78)25-28-120-122-77(8,9)33-54(96)85-86-71(100)38(3)81-72(101)44(29-52(80)94)82-53(95)24-22-27-90-47(36-119-16)45(35-118-15)84-88-90/h18-19,25,38-41,44,46,48,50-51,55-56,60,62-64,67-68,70,74-75,87,92,97-99,104H,17,22,24,27-36H2,1-16H3,(H2,80,94)(H,81,101)(H,82,95)(H,83,103)(H,85,96)(H,86,100)/b19-18-,43-25+/t38-,39?,40?,41?,44-,46?,48?,50-,51?,55?,56?,60?,62?,63?,64?,67?,68?,70?,74?,75?,78-/m0/s1. The Morgan fingerprint density at radius 2 is 1.56 bits per heavy atom. The van der Waals surface area contributed by atoms with E-state index in [-0.39, 0.29) is 77.9 Å². The number of methoxy groups -OCH3 is 5. The number of carbonyl (C=O) groups excluding carboxylic acids is 9. The number of nitrogens with zero attached hydrogens (tertiary/aromatic N) is 4. The quantitative estimate of drug-likeness (QED) is 0.0151. The summed E-state index contributed by atoms with van der Waals surface area (Å²) in [5.41, 5.74) is 12.2. The average Bonchev–Trinajstić information content (AvgIpc) is 0.777. The monoisotopic (exact) mass is 1920 g/mol. The minimum Gasteiger partial charge on any atom is -0.492 e. The highest BCUT2D eigenvalue weighted by Gasteiger charge is 2.53. The van der Waals surface area contributed by atoms with Crippen LogP contribution >= 0.6 is 79.5 Å². The van der Waals surface area contributed by atoms with Gasteiger partial charge in [0, 0.05) is 93.1 Å². The number of nitrogens with one attached hydrogen (secondary N) is 6. The van der Waals surface area contributed by atoms with E-state index in [1.54, 1.807) is 87.6 Å². The molecule has 122 heavy (non-hydrogen) atoms. The van der Waals surface area contributed by atoms with Gasteiger partial charge in [0.25, 0.3) is 5.91 Å². The molecule has 676 valence electrons. The van der Waals surface area contributed by atoms with Crippen molar-refractivity contribution in [2.75, 3.05) is 67.0 Å². The molecule has 44 heteroatoms. The lowest BCUT2D eigenvalue weighted by Gasteiger charge is -2.47. The summed E-state index contributed by atoms with van der Waals surface area (Å²) in [4.78, 5) is 129. The summed E-state index contributed by atoms with van der Waals surface area (Å²) in [7, 11) is 8.95. The molecule has 8 rings (SSSR count). The number of allylic oxidation sites excluding steroid dienone is 3. The number of aliphatic hydroxyl groups is 5. The zero-order valence-electron chi connectivity index (χ0n) is 70.5. The molecule has 0 saturated carbocycles. The first-order chi connectivity index (χ1) is 57.9. The third-order valence-corrected chi connectivity index (χ3v) is 27.5. The number of halogens is 1. The first-order valence-corrected chi connectivity index (χ1v) is 46.1. The summed E-state index contributed by atoms with van der Waals surface area (Å²) in [5, 5.41) is 73.8. The van der Waals surface area contributed by atoms with E-state index >= 15 is 0 Å². The number of hydrazine groups is 1. The number of amides is 7. The van der Waals surface area contributed by atoms with E-state index in [1.807, 2.05) is 35.1 Å². The third kappa shape index (κ3) is 25.9. The number of fused-ring (bicyclic) bond motifs is 2. The summed E-state index contributed by atoms with van der Waals surface area (Å²) in [6.07, 6.45) is -13.3. The van der Waals surface area contributed by atoms with Gasteiger partial charge in [-0.2, -0.15) is 29.0 Å². The minimum atomic E-state index is -2.31. The number of Topliss-reactive ketones (excluding diaryl/α,β-unsaturated/α-hetero) is 1. The average molecular weight is 1920 g/mol. The maximum Gasteiger partial charge on any atom is 0.411 e. The second kappa shape index (κ2) is 46.8. The van der Waals surface area contributed by atoms with Crippen molar-refractivity contribution in [2.24, 2.45) is 5.73 Å². The number of hydroxylamine groups is 1. The number of aromatic nitrogens is 3. The van der Waals surface area contributed by atoms with Gasteiger partial charge in [0.05, 0.1) is 115 Å². The molecule has 4 saturated heterocycles. The number of benzene rings is 1. The number of ketones is 1. The second-order valence-electron chi connectivity index (χ2n) is 29.8. The lowest BCUT2D eigenvalue weighted by Crippen LogP contribution is -2.65. The number of likely N-dealkylation sites (N-methyl/N-ethyl adjacent to an activating group) is 1. The summed E-state index contributed by atoms with van der Waals surface area (Å²) in [6, 6.07) is -4.53. The minimum absolute atomic E-state index is 0.00243. The van der Waals surface area contributed by atoms with Gasteiger partial charge in [-0.3, -0.25) is 59.4 Å². The number of hydrogen-bond donors (Lipinski definition) is 12. The molecule has 21 atom stereocenters. The Labute approximate surface area is 741 Å². The van der Waals surface area contributed by atoms with Crippen molar-refractivity contribution in [1.29, 1.82) is 0 Å². The molecule has 4 aliphatic heterocycles. The molecular formula is C78H110IN11O27S5. The van der Waals surface area contributed by atoms with Crippen molar-refractivity contribution in [2.45, 2.75) is 257 Å². The van der Waals surface area contributed by atoms with Crippen molar-refractivity contribution in [3.05, 3.63) is 61.2 Å². The Morgan fingerprint density at radius 1 is 0.852 bits per heavy atom. The van der Waals surface area contributed by atoms with Crippen molar-refractivity contribution in [3.8, 4) is 40.9 Å². The molecule has 4 fully saturated rings. The Bertz CT molecular complexity index is 4280. The third-order valence-electron chi connectivity index (χ3n) is 20.6. The van der Waals surface area contributed by atoms with E-state index in [1.165, 1.54) is 76.0 Å². The van der Waals surface area contributed by atoms with Gasteiger partial charge < -0.3 is 104 Å². The molecule has 7 amide bonds. The number of primary amides is 1. The number of carbonyl (C=O) groups is 9. The van der Waals surface area contributed by atoms with E-state index in [2.05, 4.69) is 66.3 Å². The molecule has 13 N–H and O–H groups in total. The molecular weight excluding hydrogens is 1810 g/mol. The van der Waals surface area contributed by atoms with Crippen LogP contribution < -0.4 is 52.2 Å². The predicted molar refractivity (Wildman–Crippen MR) is 458 cm³/mol. The van der Waals surface area contributed by atoms with E-state index in [4.69, 9.17) is 67.4 Å². The smallest absolute Gasteiger partial charge is 0.411 e. The summed E-state index contributed by atoms with van der Waals surface area (Å²) in [6.45, 7) is 15.1. The molecule has 38 nitrogen and oxygen atoms in total. The van der Waals surface area contributed by atoms with E-state index < -0.39 is 197 Å². The number of aliphatic hydroxyl groups excluding tert-OH is 4. The summed E-state index contributed by atoms with van der Waals surface area (Å²) < 4.78 is 74.0. The van der Waals surface area contributed by atoms with Crippen LogP contribution in [0, 0.1) is 34.2 Å². The van der Waals surface area contributed by atoms with Crippen molar-refractivity contribution < 1.29 is 130 Å². The number of hydrogen-bond acceptors (Lipinski definition) is 35. The largest absolute Gasteiger partial charge is 0.492 e. The van der Waals surface area contributed by atoms with Gasteiger partial charge in [-0.15, -0.1) is 5.10 Å². The van der Waals surface area contributed by atoms with Crippen LogP contribution in [0.15, 0.2) is 35.1 Å². The fourth-order valence-electron chi connectivity index (χ4n) is 14.4. The molecule has 1 aromatic heterocycles. The van der Waals surface area contributed by atoms with Crippen molar-refractivity contribution in [3.63, 3.8) is 0 Å². The lowest BCUT2D eigenvalue weighted by molar-refractivity contribution is -0.337. The van der Waals surface area contributed by atoms with Crippen LogP contribution in [0.25, 0.3) is 0 Å². The molecule has 6 aliphatic rings. The number of alkyl carbamates (subject to hydrolysis) is 1. The van der Waals surface area contributed by atoms with Crippen LogP contribution in [0.3, 0.4) is 0 Å². The fourth-order valence-corrected chi connectivity index (χ4v) is 19.6. The van der Waals surface area contributed by atoms with Crippen LogP contribution in [-0.2, 0) is 99.1 Å². The number of nitrogens with two attached hydrogens (primary N) is 1.